The Labute approximate surface area is 94.2 Å². The van der Waals surface area contributed by atoms with E-state index in [1.165, 1.54) is 7.11 Å². The Hall–Kier alpha value is -1.56. The Balaban J connectivity index is 2.45. The summed E-state index contributed by atoms with van der Waals surface area (Å²) in [5.74, 6) is 0.568. The molecule has 0 saturated heterocycles. The largest absolute Gasteiger partial charge is 0.453 e. The van der Waals surface area contributed by atoms with Gasteiger partial charge in [0.2, 0.25) is 0 Å². The fourth-order valence-corrected chi connectivity index (χ4v) is 1.67. The van der Waals surface area contributed by atoms with E-state index < -0.39 is 6.09 Å². The lowest BCUT2D eigenvalue weighted by Crippen LogP contribution is -2.12. The van der Waals surface area contributed by atoms with Crippen molar-refractivity contribution in [3.05, 3.63) is 29.0 Å². The molecule has 0 fully saturated rings. The number of ether oxygens (including phenoxy) is 1. The molecule has 0 aliphatic heterocycles. The first kappa shape index (κ1) is 9.97. The van der Waals surface area contributed by atoms with E-state index in [2.05, 4.69) is 31.0 Å². The summed E-state index contributed by atoms with van der Waals surface area (Å²) in [4.78, 5) is 15.2. The number of imidazole rings is 1. The van der Waals surface area contributed by atoms with Crippen LogP contribution in [0.5, 0.6) is 0 Å². The molecule has 0 radical (unpaired) electrons. The van der Waals surface area contributed by atoms with Crippen LogP contribution in [0.4, 0.5) is 10.6 Å². The number of carbonyl (C=O) groups is 1. The molecule has 1 N–H and O–H groups in total. The van der Waals surface area contributed by atoms with Crippen molar-refractivity contribution in [3.63, 3.8) is 0 Å². The molecule has 0 bridgehead atoms. The van der Waals surface area contributed by atoms with Gasteiger partial charge in [-0.2, -0.15) is 0 Å². The minimum Gasteiger partial charge on any atom is -0.453 e. The topological polar surface area (TPSA) is 55.6 Å². The highest BCUT2D eigenvalue weighted by Gasteiger charge is 2.08. The number of methoxy groups -OCH3 is 1. The SMILES string of the molecule is COC(=O)Nc1cnc2c(Br)cccn12. The molecule has 2 aromatic heterocycles. The summed E-state index contributed by atoms with van der Waals surface area (Å²) in [6.45, 7) is 0. The van der Waals surface area contributed by atoms with E-state index in [4.69, 9.17) is 0 Å². The van der Waals surface area contributed by atoms with Gasteiger partial charge in [0, 0.05) is 6.20 Å². The number of pyridine rings is 1. The number of nitrogens with one attached hydrogen (secondary N) is 1. The molecule has 0 aliphatic rings. The van der Waals surface area contributed by atoms with Crippen LogP contribution >= 0.6 is 15.9 Å². The van der Waals surface area contributed by atoms with E-state index in [1.54, 1.807) is 16.8 Å². The normalized spacial score (nSPS) is 10.3. The highest BCUT2D eigenvalue weighted by Crippen LogP contribution is 2.19. The molecule has 2 rings (SSSR count). The second-order valence-electron chi connectivity index (χ2n) is 2.81. The van der Waals surface area contributed by atoms with Crippen molar-refractivity contribution in [1.29, 1.82) is 0 Å². The number of rotatable bonds is 1. The third kappa shape index (κ3) is 1.80. The smallest absolute Gasteiger partial charge is 0.412 e. The molecule has 0 aromatic carbocycles. The zero-order valence-electron chi connectivity index (χ0n) is 7.90. The van der Waals surface area contributed by atoms with Crippen molar-refractivity contribution in [2.24, 2.45) is 0 Å². The van der Waals surface area contributed by atoms with Crippen LogP contribution in [0.1, 0.15) is 0 Å². The van der Waals surface area contributed by atoms with Gasteiger partial charge in [-0.05, 0) is 28.1 Å². The molecule has 15 heavy (non-hydrogen) atoms. The summed E-state index contributed by atoms with van der Waals surface area (Å²) in [7, 11) is 1.31. The van der Waals surface area contributed by atoms with Crippen LogP contribution in [0.25, 0.3) is 5.65 Å². The molecule has 78 valence electrons. The average molecular weight is 270 g/mol. The van der Waals surface area contributed by atoms with Gasteiger partial charge in [0.15, 0.2) is 5.65 Å². The lowest BCUT2D eigenvalue weighted by atomic mass is 10.5. The summed E-state index contributed by atoms with van der Waals surface area (Å²) < 4.78 is 7.11. The molecule has 0 atom stereocenters. The van der Waals surface area contributed by atoms with Gasteiger partial charge < -0.3 is 4.74 Å². The fraction of sp³-hybridized carbons (Fsp3) is 0.111. The molecule has 0 aliphatic carbocycles. The monoisotopic (exact) mass is 269 g/mol. The maximum atomic E-state index is 11.0. The second-order valence-corrected chi connectivity index (χ2v) is 3.66. The first-order chi connectivity index (χ1) is 7.22. The van der Waals surface area contributed by atoms with Gasteiger partial charge >= 0.3 is 6.09 Å². The highest BCUT2D eigenvalue weighted by atomic mass is 79.9. The van der Waals surface area contributed by atoms with Crippen LogP contribution in [0.2, 0.25) is 0 Å². The first-order valence-corrected chi connectivity index (χ1v) is 4.98. The van der Waals surface area contributed by atoms with Crippen molar-refractivity contribution in [2.45, 2.75) is 0 Å². The standard InChI is InChI=1S/C9H8BrN3O2/c1-15-9(14)12-7-5-11-8-6(10)3-2-4-13(7)8/h2-5H,1H3,(H,12,14). The second kappa shape index (κ2) is 3.90. The number of aromatic nitrogens is 2. The predicted octanol–water partition coefficient (Wildman–Crippen LogP) is 2.28. The number of hydrogen-bond acceptors (Lipinski definition) is 3. The summed E-state index contributed by atoms with van der Waals surface area (Å²) in [6, 6.07) is 3.73. The molecule has 2 aromatic rings. The number of nitrogens with zero attached hydrogens (tertiary/aromatic N) is 2. The van der Waals surface area contributed by atoms with Gasteiger partial charge in [-0.25, -0.2) is 9.78 Å². The first-order valence-electron chi connectivity index (χ1n) is 4.19. The Kier molecular flexibility index (Phi) is 2.59. The minimum atomic E-state index is -0.517. The van der Waals surface area contributed by atoms with Gasteiger partial charge in [-0.3, -0.25) is 9.72 Å². The Morgan fingerprint density at radius 1 is 1.67 bits per heavy atom. The van der Waals surface area contributed by atoms with Gasteiger partial charge in [-0.1, -0.05) is 0 Å². The Morgan fingerprint density at radius 2 is 2.47 bits per heavy atom. The fourth-order valence-electron chi connectivity index (χ4n) is 1.22. The van der Waals surface area contributed by atoms with Gasteiger partial charge in [-0.15, -0.1) is 0 Å². The van der Waals surface area contributed by atoms with E-state index in [-0.39, 0.29) is 0 Å². The lowest BCUT2D eigenvalue weighted by molar-refractivity contribution is 0.187. The van der Waals surface area contributed by atoms with E-state index in [9.17, 15) is 4.79 Å². The number of carbonyl (C=O) groups excluding carboxylic acids is 1. The Bertz CT molecular complexity index is 509. The quantitative estimate of drug-likeness (QED) is 0.864. The van der Waals surface area contributed by atoms with Crippen molar-refractivity contribution < 1.29 is 9.53 Å². The van der Waals surface area contributed by atoms with E-state index in [0.717, 1.165) is 10.1 Å². The van der Waals surface area contributed by atoms with Crippen LogP contribution in [0.3, 0.4) is 0 Å². The molecule has 0 spiro atoms. The summed E-state index contributed by atoms with van der Waals surface area (Å²) in [5, 5.41) is 2.56. The molecular formula is C9H8BrN3O2. The van der Waals surface area contributed by atoms with Crippen molar-refractivity contribution in [3.8, 4) is 0 Å². The third-order valence-electron chi connectivity index (χ3n) is 1.90. The number of anilines is 1. The van der Waals surface area contributed by atoms with Crippen LogP contribution in [0.15, 0.2) is 29.0 Å². The number of hydrogen-bond donors (Lipinski definition) is 1. The van der Waals surface area contributed by atoms with Gasteiger partial charge in [0.25, 0.3) is 0 Å². The molecule has 6 heteroatoms. The van der Waals surface area contributed by atoms with E-state index >= 15 is 0 Å². The van der Waals surface area contributed by atoms with Crippen LogP contribution in [0, 0.1) is 0 Å². The van der Waals surface area contributed by atoms with Crippen LogP contribution in [-0.2, 0) is 4.74 Å². The van der Waals surface area contributed by atoms with Crippen LogP contribution < -0.4 is 5.32 Å². The van der Waals surface area contributed by atoms with Crippen molar-refractivity contribution in [1.82, 2.24) is 9.38 Å². The number of amides is 1. The maximum Gasteiger partial charge on any atom is 0.412 e. The van der Waals surface area contributed by atoms with Crippen molar-refractivity contribution in [2.75, 3.05) is 12.4 Å². The molecule has 0 saturated carbocycles. The zero-order valence-corrected chi connectivity index (χ0v) is 9.48. The molecular weight excluding hydrogens is 262 g/mol. The predicted molar refractivity (Wildman–Crippen MR) is 58.9 cm³/mol. The van der Waals surface area contributed by atoms with Crippen LogP contribution in [-0.4, -0.2) is 22.6 Å². The molecule has 2 heterocycles. The summed E-state index contributed by atoms with van der Waals surface area (Å²) in [5.41, 5.74) is 0.740. The number of halogens is 1. The lowest BCUT2D eigenvalue weighted by Gasteiger charge is -2.03. The minimum absolute atomic E-state index is 0.517. The Morgan fingerprint density at radius 3 is 3.20 bits per heavy atom. The van der Waals surface area contributed by atoms with Crippen molar-refractivity contribution >= 4 is 33.5 Å². The van der Waals surface area contributed by atoms with Gasteiger partial charge in [0.1, 0.15) is 5.82 Å². The third-order valence-corrected chi connectivity index (χ3v) is 2.52. The van der Waals surface area contributed by atoms with Gasteiger partial charge in [0.05, 0.1) is 17.8 Å². The van der Waals surface area contributed by atoms with E-state index in [0.29, 0.717) is 5.82 Å². The van der Waals surface area contributed by atoms with E-state index in [1.807, 2.05) is 12.1 Å². The zero-order chi connectivity index (χ0) is 10.8. The maximum absolute atomic E-state index is 11.0. The average Bonchev–Trinajstić information content (AvgIpc) is 2.63. The molecule has 1 amide bonds. The summed E-state index contributed by atoms with van der Waals surface area (Å²) in [6.07, 6.45) is 2.85. The number of fused-ring (bicyclic) bond motifs is 1. The highest BCUT2D eigenvalue weighted by molar-refractivity contribution is 9.10. The summed E-state index contributed by atoms with van der Waals surface area (Å²) >= 11 is 3.37. The molecule has 0 unspecified atom stereocenters. The molecule has 5 nitrogen and oxygen atoms in total.